The Hall–Kier alpha value is -1.55. The lowest BCUT2D eigenvalue weighted by atomic mass is 9.98. The van der Waals surface area contributed by atoms with Gasteiger partial charge in [-0.05, 0) is 18.1 Å². The zero-order valence-electron chi connectivity index (χ0n) is 11.6. The van der Waals surface area contributed by atoms with E-state index in [1.54, 1.807) is 0 Å². The van der Waals surface area contributed by atoms with Crippen LogP contribution in [0.25, 0.3) is 22.5 Å². The summed E-state index contributed by atoms with van der Waals surface area (Å²) in [4.78, 5) is 4.18. The molecule has 22 heavy (non-hydrogen) atoms. The second-order valence-corrected chi connectivity index (χ2v) is 7.11. The maximum atomic E-state index is 5.77. The van der Waals surface area contributed by atoms with Crippen LogP contribution >= 0.6 is 34.8 Å². The minimum atomic E-state index is -1.73. The highest BCUT2D eigenvalue weighted by molar-refractivity contribution is 6.66. The molecule has 0 amide bonds. The average molecular weight is 354 g/mol. The minimum absolute atomic E-state index is 0.0498. The Morgan fingerprint density at radius 1 is 0.909 bits per heavy atom. The number of aromatic nitrogens is 2. The van der Waals surface area contributed by atoms with Crippen molar-refractivity contribution in [2.24, 2.45) is 0 Å². The molecular weight excluding hydrogens is 343 g/mol. The molecule has 1 heterocycles. The lowest BCUT2D eigenvalue weighted by molar-refractivity contribution is 0.383. The van der Waals surface area contributed by atoms with Crippen molar-refractivity contribution >= 4 is 34.8 Å². The van der Waals surface area contributed by atoms with Gasteiger partial charge < -0.3 is 4.52 Å². The third-order valence-corrected chi connectivity index (χ3v) is 3.68. The smallest absolute Gasteiger partial charge is 0.279 e. The summed E-state index contributed by atoms with van der Waals surface area (Å²) in [6.07, 6.45) is 0. The first-order valence-corrected chi connectivity index (χ1v) is 7.66. The molecule has 0 unspecified atom stereocenters. The number of benzene rings is 2. The van der Waals surface area contributed by atoms with Gasteiger partial charge >= 0.3 is 0 Å². The van der Waals surface area contributed by atoms with Crippen molar-refractivity contribution in [3.05, 3.63) is 60.0 Å². The fourth-order valence-corrected chi connectivity index (χ4v) is 2.34. The Labute approximate surface area is 142 Å². The maximum Gasteiger partial charge on any atom is 0.279 e. The molecule has 3 aromatic rings. The molecule has 0 aliphatic heterocycles. The van der Waals surface area contributed by atoms with Gasteiger partial charge in [-0.1, -0.05) is 94.1 Å². The molecule has 0 saturated heterocycles. The van der Waals surface area contributed by atoms with Crippen LogP contribution in [-0.4, -0.2) is 10.1 Å². The second-order valence-electron chi connectivity index (χ2n) is 4.83. The normalized spacial score (nSPS) is 11.6. The highest BCUT2D eigenvalue weighted by Gasteiger charge is 2.31. The van der Waals surface area contributed by atoms with Crippen molar-refractivity contribution in [2.75, 3.05) is 0 Å². The van der Waals surface area contributed by atoms with Crippen LogP contribution in [0.3, 0.4) is 0 Å². The molecule has 3 nitrogen and oxygen atoms in total. The van der Waals surface area contributed by atoms with Gasteiger partial charge in [0.2, 0.25) is 5.82 Å². The SMILES string of the molecule is Cc1ccc(-c2ccccc2-c2noc(C(Cl)(Cl)Cl)n2)cc1. The quantitative estimate of drug-likeness (QED) is 0.568. The van der Waals surface area contributed by atoms with E-state index in [2.05, 4.69) is 22.3 Å². The standard InChI is InChI=1S/C16H11Cl3N2O/c1-10-6-8-11(9-7-10)12-4-2-3-5-13(12)14-20-15(22-21-14)16(17,18)19/h2-9H,1H3. The van der Waals surface area contributed by atoms with Crippen LogP contribution in [0, 0.1) is 6.92 Å². The Morgan fingerprint density at radius 3 is 2.14 bits per heavy atom. The summed E-state index contributed by atoms with van der Waals surface area (Å²) in [5, 5.41) is 3.92. The first kappa shape index (κ1) is 15.3. The van der Waals surface area contributed by atoms with Crippen molar-refractivity contribution < 1.29 is 4.52 Å². The summed E-state index contributed by atoms with van der Waals surface area (Å²) in [6, 6.07) is 15.9. The van der Waals surface area contributed by atoms with E-state index < -0.39 is 3.79 Å². The molecule has 0 radical (unpaired) electrons. The molecule has 0 aliphatic rings. The average Bonchev–Trinajstić information content (AvgIpc) is 2.98. The molecular formula is C16H11Cl3N2O. The van der Waals surface area contributed by atoms with E-state index in [1.807, 2.05) is 43.3 Å². The molecule has 0 aliphatic carbocycles. The summed E-state index contributed by atoms with van der Waals surface area (Å²) in [5.74, 6) is 0.337. The lowest BCUT2D eigenvalue weighted by Gasteiger charge is -2.07. The maximum absolute atomic E-state index is 5.77. The Morgan fingerprint density at radius 2 is 1.55 bits per heavy atom. The summed E-state index contributed by atoms with van der Waals surface area (Å²) < 4.78 is 3.30. The lowest BCUT2D eigenvalue weighted by Crippen LogP contribution is -1.99. The fourth-order valence-electron chi connectivity index (χ4n) is 2.11. The van der Waals surface area contributed by atoms with Crippen molar-refractivity contribution in [2.45, 2.75) is 10.7 Å². The van der Waals surface area contributed by atoms with Gasteiger partial charge in [0.25, 0.3) is 9.68 Å². The highest BCUT2D eigenvalue weighted by atomic mass is 35.6. The van der Waals surface area contributed by atoms with Crippen LogP contribution < -0.4 is 0 Å². The van der Waals surface area contributed by atoms with E-state index in [0.29, 0.717) is 5.82 Å². The fraction of sp³-hybridized carbons (Fsp3) is 0.125. The molecule has 0 N–H and O–H groups in total. The predicted molar refractivity (Wildman–Crippen MR) is 89.1 cm³/mol. The number of nitrogens with zero attached hydrogens (tertiary/aromatic N) is 2. The molecule has 0 atom stereocenters. The predicted octanol–water partition coefficient (Wildman–Crippen LogP) is 5.54. The minimum Gasteiger partial charge on any atom is -0.334 e. The number of rotatable bonds is 2. The van der Waals surface area contributed by atoms with Crippen LogP contribution in [0.2, 0.25) is 0 Å². The Kier molecular flexibility index (Phi) is 4.13. The first-order valence-electron chi connectivity index (χ1n) is 6.52. The van der Waals surface area contributed by atoms with Gasteiger partial charge in [-0.25, -0.2) is 0 Å². The van der Waals surface area contributed by atoms with Crippen LogP contribution in [-0.2, 0) is 3.79 Å². The van der Waals surface area contributed by atoms with Gasteiger partial charge in [-0.2, -0.15) is 4.98 Å². The summed E-state index contributed by atoms with van der Waals surface area (Å²) in [5.41, 5.74) is 4.05. The Balaban J connectivity index is 2.09. The summed E-state index contributed by atoms with van der Waals surface area (Å²) in [6.45, 7) is 2.04. The highest BCUT2D eigenvalue weighted by Crippen LogP contribution is 2.38. The van der Waals surface area contributed by atoms with E-state index in [0.717, 1.165) is 16.7 Å². The third-order valence-electron chi connectivity index (χ3n) is 3.20. The van der Waals surface area contributed by atoms with Gasteiger partial charge in [0.05, 0.1) is 0 Å². The Bertz CT molecular complexity index is 792. The number of halogens is 3. The topological polar surface area (TPSA) is 38.9 Å². The zero-order chi connectivity index (χ0) is 15.7. The van der Waals surface area contributed by atoms with Crippen LogP contribution in [0.5, 0.6) is 0 Å². The van der Waals surface area contributed by atoms with Gasteiger partial charge in [0, 0.05) is 5.56 Å². The third kappa shape index (κ3) is 3.12. The molecule has 3 rings (SSSR count). The van der Waals surface area contributed by atoms with Gasteiger partial charge in [0.1, 0.15) is 0 Å². The molecule has 112 valence electrons. The second kappa shape index (κ2) is 5.92. The molecule has 0 fully saturated rings. The van der Waals surface area contributed by atoms with Crippen molar-refractivity contribution in [1.82, 2.24) is 10.1 Å². The number of hydrogen-bond donors (Lipinski definition) is 0. The van der Waals surface area contributed by atoms with E-state index in [4.69, 9.17) is 39.3 Å². The molecule has 0 bridgehead atoms. The molecule has 1 aromatic heterocycles. The molecule has 0 spiro atoms. The van der Waals surface area contributed by atoms with Crippen LogP contribution in [0.1, 0.15) is 11.5 Å². The monoisotopic (exact) mass is 352 g/mol. The van der Waals surface area contributed by atoms with E-state index >= 15 is 0 Å². The van der Waals surface area contributed by atoms with Crippen molar-refractivity contribution in [1.29, 1.82) is 0 Å². The molecule has 0 saturated carbocycles. The zero-order valence-corrected chi connectivity index (χ0v) is 13.8. The van der Waals surface area contributed by atoms with Crippen molar-refractivity contribution in [3.8, 4) is 22.5 Å². The van der Waals surface area contributed by atoms with E-state index in [1.165, 1.54) is 5.56 Å². The van der Waals surface area contributed by atoms with Gasteiger partial charge in [-0.3, -0.25) is 0 Å². The first-order chi connectivity index (χ1) is 10.4. The summed E-state index contributed by atoms with van der Waals surface area (Å²) in [7, 11) is 0. The van der Waals surface area contributed by atoms with Crippen LogP contribution in [0.4, 0.5) is 0 Å². The van der Waals surface area contributed by atoms with Crippen LogP contribution in [0.15, 0.2) is 53.1 Å². The number of hydrogen-bond acceptors (Lipinski definition) is 3. The molecule has 6 heteroatoms. The van der Waals surface area contributed by atoms with Crippen molar-refractivity contribution in [3.63, 3.8) is 0 Å². The van der Waals surface area contributed by atoms with Gasteiger partial charge in [-0.15, -0.1) is 0 Å². The van der Waals surface area contributed by atoms with E-state index in [-0.39, 0.29) is 5.89 Å². The number of aryl methyl sites for hydroxylation is 1. The molecule has 2 aromatic carbocycles. The van der Waals surface area contributed by atoms with E-state index in [9.17, 15) is 0 Å². The largest absolute Gasteiger partial charge is 0.334 e. The van der Waals surface area contributed by atoms with Gasteiger partial charge in [0.15, 0.2) is 0 Å². The number of alkyl halides is 3. The summed E-state index contributed by atoms with van der Waals surface area (Å²) >= 11 is 17.3.